The molecule has 0 unspecified atom stereocenters. The van der Waals surface area contributed by atoms with E-state index in [1.54, 1.807) is 35.2 Å². The first-order chi connectivity index (χ1) is 15.8. The number of halogens is 1. The standard InChI is InChI=1S/C26H29ClN4O2/c1-5-30(6-2)26(33)20-11-13-22(14-12-20)28-25(32)16-15-23-18(3)29-31(19(23)4)17-21-9-7-8-10-24(21)27/h7-16H,5-6,17H2,1-4H3,(H,28,32)/b16-15+. The van der Waals surface area contributed by atoms with Crippen molar-refractivity contribution in [3.63, 3.8) is 0 Å². The molecule has 0 bridgehead atoms. The van der Waals surface area contributed by atoms with Crippen LogP contribution < -0.4 is 5.32 Å². The molecule has 0 fully saturated rings. The first kappa shape index (κ1) is 24.3. The Labute approximate surface area is 199 Å². The van der Waals surface area contributed by atoms with Gasteiger partial charge in [0.05, 0.1) is 12.2 Å². The quantitative estimate of drug-likeness (QED) is 0.458. The van der Waals surface area contributed by atoms with Gasteiger partial charge in [0.15, 0.2) is 0 Å². The van der Waals surface area contributed by atoms with Crippen LogP contribution in [0, 0.1) is 13.8 Å². The van der Waals surface area contributed by atoms with Gasteiger partial charge in [-0.25, -0.2) is 0 Å². The van der Waals surface area contributed by atoms with E-state index in [4.69, 9.17) is 11.6 Å². The van der Waals surface area contributed by atoms with Gasteiger partial charge < -0.3 is 10.2 Å². The minimum Gasteiger partial charge on any atom is -0.339 e. The number of amides is 2. The molecule has 0 saturated heterocycles. The van der Waals surface area contributed by atoms with Crippen LogP contribution in [-0.4, -0.2) is 39.6 Å². The minimum absolute atomic E-state index is 0.0162. The van der Waals surface area contributed by atoms with Gasteiger partial charge in [-0.2, -0.15) is 5.10 Å². The number of nitrogens with one attached hydrogen (secondary N) is 1. The zero-order valence-corrected chi connectivity index (χ0v) is 20.2. The Kier molecular flexibility index (Phi) is 8.06. The van der Waals surface area contributed by atoms with Crippen LogP contribution in [0.2, 0.25) is 5.02 Å². The van der Waals surface area contributed by atoms with Gasteiger partial charge in [0, 0.05) is 46.7 Å². The van der Waals surface area contributed by atoms with E-state index in [0.717, 1.165) is 22.5 Å². The second kappa shape index (κ2) is 11.0. The molecule has 0 spiro atoms. The van der Waals surface area contributed by atoms with Crippen LogP contribution >= 0.6 is 11.6 Å². The van der Waals surface area contributed by atoms with Crippen molar-refractivity contribution in [2.45, 2.75) is 34.2 Å². The fraction of sp³-hybridized carbons (Fsp3) is 0.269. The summed E-state index contributed by atoms with van der Waals surface area (Å²) in [4.78, 5) is 26.6. The molecule has 6 nitrogen and oxygen atoms in total. The number of carbonyl (C=O) groups is 2. The Morgan fingerprint density at radius 3 is 2.36 bits per heavy atom. The predicted molar refractivity (Wildman–Crippen MR) is 134 cm³/mol. The van der Waals surface area contributed by atoms with Crippen molar-refractivity contribution in [1.82, 2.24) is 14.7 Å². The highest BCUT2D eigenvalue weighted by molar-refractivity contribution is 6.31. The van der Waals surface area contributed by atoms with Crippen molar-refractivity contribution in [1.29, 1.82) is 0 Å². The van der Waals surface area contributed by atoms with Gasteiger partial charge >= 0.3 is 0 Å². The molecule has 1 N–H and O–H groups in total. The lowest BCUT2D eigenvalue weighted by molar-refractivity contribution is -0.111. The van der Waals surface area contributed by atoms with E-state index in [9.17, 15) is 9.59 Å². The molecule has 172 valence electrons. The monoisotopic (exact) mass is 464 g/mol. The summed E-state index contributed by atoms with van der Waals surface area (Å²) in [5.41, 5.74) is 4.91. The van der Waals surface area contributed by atoms with E-state index >= 15 is 0 Å². The lowest BCUT2D eigenvalue weighted by Crippen LogP contribution is -2.30. The highest BCUT2D eigenvalue weighted by Crippen LogP contribution is 2.20. The van der Waals surface area contributed by atoms with E-state index in [1.807, 2.05) is 56.6 Å². The second-order valence-electron chi connectivity index (χ2n) is 7.71. The summed E-state index contributed by atoms with van der Waals surface area (Å²) >= 11 is 6.28. The topological polar surface area (TPSA) is 67.2 Å². The second-order valence-corrected chi connectivity index (χ2v) is 8.12. The molecule has 2 aromatic carbocycles. The Balaban J connectivity index is 1.67. The van der Waals surface area contributed by atoms with E-state index in [0.29, 0.717) is 35.9 Å². The lowest BCUT2D eigenvalue weighted by atomic mass is 10.1. The van der Waals surface area contributed by atoms with Crippen LogP contribution in [0.1, 0.15) is 46.7 Å². The highest BCUT2D eigenvalue weighted by atomic mass is 35.5. The largest absolute Gasteiger partial charge is 0.339 e. The van der Waals surface area contributed by atoms with Crippen molar-refractivity contribution < 1.29 is 9.59 Å². The van der Waals surface area contributed by atoms with Crippen molar-refractivity contribution in [2.75, 3.05) is 18.4 Å². The number of carbonyl (C=O) groups excluding carboxylic acids is 2. The molecule has 0 aliphatic rings. The van der Waals surface area contributed by atoms with Crippen LogP contribution in [0.3, 0.4) is 0 Å². The van der Waals surface area contributed by atoms with E-state index in [1.165, 1.54) is 6.08 Å². The third-order valence-corrected chi connectivity index (χ3v) is 5.94. The number of anilines is 1. The molecule has 2 amide bonds. The zero-order valence-electron chi connectivity index (χ0n) is 19.4. The van der Waals surface area contributed by atoms with Gasteiger partial charge in [-0.1, -0.05) is 29.8 Å². The highest BCUT2D eigenvalue weighted by Gasteiger charge is 2.13. The average molecular weight is 465 g/mol. The molecule has 0 atom stereocenters. The first-order valence-corrected chi connectivity index (χ1v) is 11.4. The maximum Gasteiger partial charge on any atom is 0.253 e. The summed E-state index contributed by atoms with van der Waals surface area (Å²) in [6.07, 6.45) is 3.26. The molecule has 0 radical (unpaired) electrons. The van der Waals surface area contributed by atoms with Crippen molar-refractivity contribution >= 4 is 35.2 Å². The van der Waals surface area contributed by atoms with Crippen LogP contribution in [-0.2, 0) is 11.3 Å². The van der Waals surface area contributed by atoms with Crippen LogP contribution in [0.5, 0.6) is 0 Å². The van der Waals surface area contributed by atoms with Gasteiger partial charge in [-0.05, 0) is 69.7 Å². The summed E-state index contributed by atoms with van der Waals surface area (Å²) in [5, 5.41) is 8.14. The van der Waals surface area contributed by atoms with Crippen molar-refractivity contribution in [3.8, 4) is 0 Å². The molecule has 33 heavy (non-hydrogen) atoms. The summed E-state index contributed by atoms with van der Waals surface area (Å²) < 4.78 is 1.89. The average Bonchev–Trinajstić information content (AvgIpc) is 3.07. The fourth-order valence-corrected chi connectivity index (χ4v) is 3.82. The number of hydrogen-bond acceptors (Lipinski definition) is 3. The summed E-state index contributed by atoms with van der Waals surface area (Å²) in [6.45, 7) is 9.67. The molecule has 0 aliphatic carbocycles. The fourth-order valence-electron chi connectivity index (χ4n) is 3.63. The van der Waals surface area contributed by atoms with Gasteiger partial charge in [0.25, 0.3) is 5.91 Å². The SMILES string of the molecule is CCN(CC)C(=O)c1ccc(NC(=O)/C=C/c2c(C)nn(Cc3ccccc3Cl)c2C)cc1. The molecule has 1 aromatic heterocycles. The lowest BCUT2D eigenvalue weighted by Gasteiger charge is -2.18. The van der Waals surface area contributed by atoms with Gasteiger partial charge in [-0.15, -0.1) is 0 Å². The Bertz CT molecular complexity index is 1160. The maximum atomic E-state index is 12.5. The molecular formula is C26H29ClN4O2. The van der Waals surface area contributed by atoms with Gasteiger partial charge in [0.1, 0.15) is 0 Å². The molecule has 1 heterocycles. The van der Waals surface area contributed by atoms with Crippen LogP contribution in [0.4, 0.5) is 5.69 Å². The number of nitrogens with zero attached hydrogens (tertiary/aromatic N) is 3. The van der Waals surface area contributed by atoms with E-state index < -0.39 is 0 Å². The molecule has 3 aromatic rings. The van der Waals surface area contributed by atoms with Gasteiger partial charge in [-0.3, -0.25) is 14.3 Å². The third-order valence-electron chi connectivity index (χ3n) is 5.57. The maximum absolute atomic E-state index is 12.5. The molecule has 3 rings (SSSR count). The smallest absolute Gasteiger partial charge is 0.253 e. The van der Waals surface area contributed by atoms with Crippen LogP contribution in [0.15, 0.2) is 54.6 Å². The molecule has 0 aliphatic heterocycles. The first-order valence-electron chi connectivity index (χ1n) is 11.0. The van der Waals surface area contributed by atoms with Crippen molar-refractivity contribution in [3.05, 3.63) is 87.7 Å². The Morgan fingerprint density at radius 2 is 1.73 bits per heavy atom. The summed E-state index contributed by atoms with van der Waals surface area (Å²) in [5.74, 6) is -0.270. The summed E-state index contributed by atoms with van der Waals surface area (Å²) in [7, 11) is 0. The summed E-state index contributed by atoms with van der Waals surface area (Å²) in [6, 6.07) is 14.6. The normalized spacial score (nSPS) is 11.1. The molecule has 7 heteroatoms. The number of aromatic nitrogens is 2. The van der Waals surface area contributed by atoms with Crippen LogP contribution in [0.25, 0.3) is 6.08 Å². The van der Waals surface area contributed by atoms with E-state index in [2.05, 4.69) is 10.4 Å². The van der Waals surface area contributed by atoms with Gasteiger partial charge in [0.2, 0.25) is 5.91 Å². The molecule has 0 saturated carbocycles. The Morgan fingerprint density at radius 1 is 1.06 bits per heavy atom. The Hall–Kier alpha value is -3.38. The minimum atomic E-state index is -0.254. The zero-order chi connectivity index (χ0) is 24.0. The van der Waals surface area contributed by atoms with E-state index in [-0.39, 0.29) is 11.8 Å². The number of hydrogen-bond donors (Lipinski definition) is 1. The molecular weight excluding hydrogens is 436 g/mol. The van der Waals surface area contributed by atoms with Crippen molar-refractivity contribution in [2.24, 2.45) is 0 Å². The number of aryl methyl sites for hydroxylation is 1. The third kappa shape index (κ3) is 5.90. The number of benzene rings is 2. The predicted octanol–water partition coefficient (Wildman–Crippen LogP) is 5.34. The number of rotatable bonds is 8.